The molecule has 0 aliphatic rings. The predicted octanol–water partition coefficient (Wildman–Crippen LogP) is 1.31. The van der Waals surface area contributed by atoms with Gasteiger partial charge in [-0.15, -0.1) is 0 Å². The van der Waals surface area contributed by atoms with E-state index < -0.39 is 28.8 Å². The molecule has 0 aliphatic carbocycles. The third-order valence-electron chi connectivity index (χ3n) is 2.39. The molecule has 0 bridgehead atoms. The number of halogens is 2. The number of carbonyl (C=O) groups excluding carboxylic acids is 1. The molecule has 5 nitrogen and oxygen atoms in total. The van der Waals surface area contributed by atoms with E-state index in [2.05, 4.69) is 10.4 Å². The Morgan fingerprint density at radius 3 is 2.42 bits per heavy atom. The number of nitrogens with one attached hydrogen (secondary N) is 1. The Morgan fingerprint density at radius 1 is 1.21 bits per heavy atom. The van der Waals surface area contributed by atoms with Crippen LogP contribution in [0.4, 0.5) is 14.5 Å². The molecular weight excluding hydrogens is 256 g/mol. The van der Waals surface area contributed by atoms with Crippen LogP contribution in [0, 0.1) is 11.6 Å². The number of hydrogen-bond donors (Lipinski definition) is 1. The highest BCUT2D eigenvalue weighted by atomic mass is 19.1. The van der Waals surface area contributed by atoms with Crippen LogP contribution in [-0.4, -0.2) is 15.7 Å². The van der Waals surface area contributed by atoms with Gasteiger partial charge in [-0.3, -0.25) is 9.59 Å². The summed E-state index contributed by atoms with van der Waals surface area (Å²) >= 11 is 0. The zero-order chi connectivity index (χ0) is 14.0. The van der Waals surface area contributed by atoms with E-state index in [1.54, 1.807) is 0 Å². The maximum Gasteiger partial charge on any atom is 0.276 e. The van der Waals surface area contributed by atoms with Crippen LogP contribution in [0.2, 0.25) is 0 Å². The van der Waals surface area contributed by atoms with Crippen LogP contribution in [0.1, 0.15) is 10.5 Å². The SMILES string of the molecule is Cn1nc(C(=O)Nc2c(F)cccc2F)ccc1=O. The van der Waals surface area contributed by atoms with Crippen molar-refractivity contribution in [3.63, 3.8) is 0 Å². The van der Waals surface area contributed by atoms with E-state index in [0.717, 1.165) is 22.9 Å². The maximum atomic E-state index is 13.3. The summed E-state index contributed by atoms with van der Waals surface area (Å²) in [6, 6.07) is 5.54. The molecule has 0 aliphatic heterocycles. The van der Waals surface area contributed by atoms with Crippen molar-refractivity contribution in [1.82, 2.24) is 9.78 Å². The Bertz CT molecular complexity index is 677. The molecule has 1 heterocycles. The summed E-state index contributed by atoms with van der Waals surface area (Å²) in [7, 11) is 1.36. The largest absolute Gasteiger partial charge is 0.316 e. The highest BCUT2D eigenvalue weighted by molar-refractivity contribution is 6.02. The highest BCUT2D eigenvalue weighted by Crippen LogP contribution is 2.18. The Kier molecular flexibility index (Phi) is 3.37. The maximum absolute atomic E-state index is 13.3. The lowest BCUT2D eigenvalue weighted by molar-refractivity contribution is 0.101. The van der Waals surface area contributed by atoms with Crippen LogP contribution in [0.15, 0.2) is 35.1 Å². The second kappa shape index (κ2) is 4.97. The van der Waals surface area contributed by atoms with Gasteiger partial charge >= 0.3 is 0 Å². The van der Waals surface area contributed by atoms with Crippen LogP contribution in [0.25, 0.3) is 0 Å². The lowest BCUT2D eigenvalue weighted by atomic mass is 10.2. The van der Waals surface area contributed by atoms with Gasteiger partial charge in [0.2, 0.25) is 0 Å². The van der Waals surface area contributed by atoms with Crippen LogP contribution >= 0.6 is 0 Å². The monoisotopic (exact) mass is 265 g/mol. The highest BCUT2D eigenvalue weighted by Gasteiger charge is 2.14. The number of amides is 1. The van der Waals surface area contributed by atoms with E-state index in [4.69, 9.17) is 0 Å². The van der Waals surface area contributed by atoms with Crippen molar-refractivity contribution in [2.45, 2.75) is 0 Å². The quantitative estimate of drug-likeness (QED) is 0.890. The fraction of sp³-hybridized carbons (Fsp3) is 0.0833. The van der Waals surface area contributed by atoms with Crippen molar-refractivity contribution >= 4 is 11.6 Å². The molecule has 1 aromatic heterocycles. The minimum atomic E-state index is -0.891. The van der Waals surface area contributed by atoms with E-state index in [0.29, 0.717) is 0 Å². The third-order valence-corrected chi connectivity index (χ3v) is 2.39. The van der Waals surface area contributed by atoms with E-state index in [1.165, 1.54) is 19.2 Å². The molecule has 7 heteroatoms. The van der Waals surface area contributed by atoms with Gasteiger partial charge < -0.3 is 5.32 Å². The van der Waals surface area contributed by atoms with Crippen molar-refractivity contribution in [3.05, 3.63) is 58.0 Å². The second-order valence-corrected chi connectivity index (χ2v) is 3.73. The van der Waals surface area contributed by atoms with E-state index >= 15 is 0 Å². The molecule has 1 N–H and O–H groups in total. The first-order valence-electron chi connectivity index (χ1n) is 5.29. The summed E-state index contributed by atoms with van der Waals surface area (Å²) in [4.78, 5) is 22.9. The van der Waals surface area contributed by atoms with Gasteiger partial charge in [-0.2, -0.15) is 5.10 Å². The number of aromatic nitrogens is 2. The molecule has 0 unspecified atom stereocenters. The number of rotatable bonds is 2. The van der Waals surface area contributed by atoms with Crippen molar-refractivity contribution in [2.75, 3.05) is 5.32 Å². The van der Waals surface area contributed by atoms with Crippen molar-refractivity contribution in [1.29, 1.82) is 0 Å². The number of aryl methyl sites for hydroxylation is 1. The molecule has 1 aromatic carbocycles. The van der Waals surface area contributed by atoms with Crippen molar-refractivity contribution < 1.29 is 13.6 Å². The van der Waals surface area contributed by atoms with Gasteiger partial charge in [0.1, 0.15) is 23.0 Å². The molecule has 0 saturated carbocycles. The van der Waals surface area contributed by atoms with Gasteiger partial charge in [-0.1, -0.05) is 6.07 Å². The molecule has 98 valence electrons. The first-order chi connectivity index (χ1) is 8.99. The Hall–Kier alpha value is -2.57. The standard InChI is InChI=1S/C12H9F2N3O2/c1-17-10(18)6-5-9(16-17)12(19)15-11-7(13)3-2-4-8(11)14/h2-6H,1H3,(H,15,19). The number of carbonyl (C=O) groups is 1. The molecule has 0 radical (unpaired) electrons. The van der Waals surface area contributed by atoms with Gasteiger partial charge in [0, 0.05) is 13.1 Å². The minimum Gasteiger partial charge on any atom is -0.316 e. The summed E-state index contributed by atoms with van der Waals surface area (Å²) in [5.74, 6) is -2.59. The first-order valence-corrected chi connectivity index (χ1v) is 5.29. The topological polar surface area (TPSA) is 64.0 Å². The second-order valence-electron chi connectivity index (χ2n) is 3.73. The normalized spacial score (nSPS) is 10.3. The van der Waals surface area contributed by atoms with Crippen molar-refractivity contribution in [3.8, 4) is 0 Å². The van der Waals surface area contributed by atoms with Gasteiger partial charge in [-0.25, -0.2) is 13.5 Å². The smallest absolute Gasteiger partial charge is 0.276 e. The van der Waals surface area contributed by atoms with Crippen LogP contribution in [0.3, 0.4) is 0 Å². The minimum absolute atomic E-state index is 0.121. The first kappa shape index (κ1) is 12.9. The average Bonchev–Trinajstić information content (AvgIpc) is 2.37. The molecule has 0 saturated heterocycles. The van der Waals surface area contributed by atoms with Gasteiger partial charge in [-0.05, 0) is 18.2 Å². The van der Waals surface area contributed by atoms with Gasteiger partial charge in [0.05, 0.1) is 0 Å². The molecular formula is C12H9F2N3O2. The molecule has 0 atom stereocenters. The zero-order valence-electron chi connectivity index (χ0n) is 9.85. The number of nitrogens with zero attached hydrogens (tertiary/aromatic N) is 2. The van der Waals surface area contributed by atoms with Crippen LogP contribution in [-0.2, 0) is 7.05 Å². The molecule has 1 amide bonds. The van der Waals surface area contributed by atoms with E-state index in [9.17, 15) is 18.4 Å². The number of para-hydroxylation sites is 1. The lowest BCUT2D eigenvalue weighted by Crippen LogP contribution is -2.24. The summed E-state index contributed by atoms with van der Waals surface area (Å²) < 4.78 is 27.6. The Labute approximate surface area is 106 Å². The summed E-state index contributed by atoms with van der Waals surface area (Å²) in [6.45, 7) is 0. The average molecular weight is 265 g/mol. The number of benzene rings is 1. The van der Waals surface area contributed by atoms with Crippen LogP contribution in [0.5, 0.6) is 0 Å². The molecule has 2 rings (SSSR count). The Morgan fingerprint density at radius 2 is 1.84 bits per heavy atom. The molecule has 0 fully saturated rings. The third kappa shape index (κ3) is 2.65. The fourth-order valence-electron chi connectivity index (χ4n) is 1.42. The number of anilines is 1. The molecule has 2 aromatic rings. The van der Waals surface area contributed by atoms with E-state index in [-0.39, 0.29) is 5.69 Å². The summed E-state index contributed by atoms with van der Waals surface area (Å²) in [5.41, 5.74) is -1.07. The van der Waals surface area contributed by atoms with E-state index in [1.807, 2.05) is 0 Å². The summed E-state index contributed by atoms with van der Waals surface area (Å²) in [5, 5.41) is 5.75. The van der Waals surface area contributed by atoms with Gasteiger partial charge in [0.25, 0.3) is 11.5 Å². The zero-order valence-corrected chi connectivity index (χ0v) is 9.85. The predicted molar refractivity (Wildman–Crippen MR) is 63.8 cm³/mol. The molecule has 19 heavy (non-hydrogen) atoms. The Balaban J connectivity index is 2.31. The van der Waals surface area contributed by atoms with Crippen LogP contribution < -0.4 is 10.9 Å². The summed E-state index contributed by atoms with van der Waals surface area (Å²) in [6.07, 6.45) is 0. The van der Waals surface area contributed by atoms with Crippen molar-refractivity contribution in [2.24, 2.45) is 7.05 Å². The number of hydrogen-bond acceptors (Lipinski definition) is 3. The lowest BCUT2D eigenvalue weighted by Gasteiger charge is -2.07. The fourth-order valence-corrected chi connectivity index (χ4v) is 1.42. The molecule has 0 spiro atoms. The van der Waals surface area contributed by atoms with Gasteiger partial charge in [0.15, 0.2) is 0 Å².